The molecular weight excluding hydrogens is 430 g/mol. The van der Waals surface area contributed by atoms with Crippen molar-refractivity contribution in [2.24, 2.45) is 5.10 Å². The molecule has 0 saturated carbocycles. The van der Waals surface area contributed by atoms with Gasteiger partial charge < -0.3 is 14.7 Å². The van der Waals surface area contributed by atoms with Gasteiger partial charge in [0.25, 0.3) is 5.91 Å². The smallest absolute Gasteiger partial charge is 0.339 e. The molecule has 3 N–H and O–H groups in total. The number of benzene rings is 3. The maximum atomic E-state index is 12.8. The highest BCUT2D eigenvalue weighted by Gasteiger charge is 2.21. The molecule has 0 atom stereocenters. The van der Waals surface area contributed by atoms with Gasteiger partial charge in [-0.1, -0.05) is 12.1 Å². The molecule has 3 aromatic rings. The van der Waals surface area contributed by atoms with Crippen LogP contribution in [0.3, 0.4) is 0 Å². The molecule has 9 heteroatoms. The van der Waals surface area contributed by atoms with Crippen molar-refractivity contribution in [2.45, 2.75) is 18.7 Å². The number of aryl methyl sites for hydroxylation is 2. The van der Waals surface area contributed by atoms with Crippen LogP contribution in [-0.4, -0.2) is 27.6 Å². The molecule has 3 aromatic carbocycles. The summed E-state index contributed by atoms with van der Waals surface area (Å²) in [5.41, 5.74) is 10.9. The Morgan fingerprint density at radius 3 is 2.41 bits per heavy atom. The van der Waals surface area contributed by atoms with Gasteiger partial charge in [0, 0.05) is 11.3 Å². The normalized spacial score (nSPS) is 11.3. The third-order valence-electron chi connectivity index (χ3n) is 4.55. The zero-order chi connectivity index (χ0) is 23.3. The molecule has 0 aromatic heterocycles. The van der Waals surface area contributed by atoms with E-state index < -0.39 is 16.0 Å². The Morgan fingerprint density at radius 2 is 1.72 bits per heavy atom. The summed E-state index contributed by atoms with van der Waals surface area (Å²) in [6.07, 6.45) is 1.40. The van der Waals surface area contributed by atoms with Gasteiger partial charge in [0.05, 0.1) is 13.3 Å². The highest BCUT2D eigenvalue weighted by molar-refractivity contribution is 7.87. The zero-order valence-electron chi connectivity index (χ0n) is 17.8. The van der Waals surface area contributed by atoms with Gasteiger partial charge in [-0.05, 0) is 79.1 Å². The standard InChI is InChI=1S/C23H23N3O5S/c1-15-4-5-16(2)22(12-15)32(28,29)31-20-11-6-17(13-21(20)30-3)14-25-26-23(27)18-7-9-19(24)10-8-18/h4-14H,24H2,1-3H3,(H,26,27)/b25-14-. The quantitative estimate of drug-likeness (QED) is 0.245. The number of hydrogen-bond acceptors (Lipinski definition) is 7. The first-order chi connectivity index (χ1) is 15.2. The molecule has 0 radical (unpaired) electrons. The summed E-state index contributed by atoms with van der Waals surface area (Å²) in [5.74, 6) is -0.156. The first-order valence-corrected chi connectivity index (χ1v) is 11.0. The number of anilines is 1. The van der Waals surface area contributed by atoms with Gasteiger partial charge in [-0.25, -0.2) is 5.43 Å². The van der Waals surface area contributed by atoms with Crippen LogP contribution in [0.15, 0.2) is 70.7 Å². The third-order valence-corrected chi connectivity index (χ3v) is 5.93. The summed E-state index contributed by atoms with van der Waals surface area (Å²) in [6.45, 7) is 3.50. The Kier molecular flexibility index (Phi) is 6.79. The molecule has 0 bridgehead atoms. The second kappa shape index (κ2) is 9.52. The minimum absolute atomic E-state index is 0.0384. The number of nitrogens with two attached hydrogens (primary N) is 1. The number of nitrogens with zero attached hydrogens (tertiary/aromatic N) is 1. The van der Waals surface area contributed by atoms with Crippen LogP contribution in [0.5, 0.6) is 11.5 Å². The van der Waals surface area contributed by atoms with E-state index in [1.54, 1.807) is 62.4 Å². The average Bonchev–Trinajstić information content (AvgIpc) is 2.76. The number of nitrogen functional groups attached to an aromatic ring is 1. The van der Waals surface area contributed by atoms with Crippen LogP contribution in [0.1, 0.15) is 27.0 Å². The van der Waals surface area contributed by atoms with Gasteiger partial charge in [0.1, 0.15) is 4.90 Å². The fourth-order valence-electron chi connectivity index (χ4n) is 2.84. The first-order valence-electron chi connectivity index (χ1n) is 9.58. The molecular formula is C23H23N3O5S. The Balaban J connectivity index is 1.75. The van der Waals surface area contributed by atoms with E-state index in [1.165, 1.54) is 19.4 Å². The molecule has 0 unspecified atom stereocenters. The lowest BCUT2D eigenvalue weighted by Gasteiger charge is -2.13. The molecule has 0 heterocycles. The number of rotatable bonds is 7. The number of carbonyl (C=O) groups is 1. The second-order valence-corrected chi connectivity index (χ2v) is 8.55. The number of ether oxygens (including phenoxy) is 1. The number of methoxy groups -OCH3 is 1. The molecule has 0 aliphatic carbocycles. The zero-order valence-corrected chi connectivity index (χ0v) is 18.6. The average molecular weight is 454 g/mol. The predicted molar refractivity (Wildman–Crippen MR) is 123 cm³/mol. The summed E-state index contributed by atoms with van der Waals surface area (Å²) in [5, 5.41) is 3.92. The van der Waals surface area contributed by atoms with Crippen LogP contribution in [0, 0.1) is 13.8 Å². The van der Waals surface area contributed by atoms with Crippen molar-refractivity contribution >= 4 is 27.9 Å². The molecule has 0 fully saturated rings. The van der Waals surface area contributed by atoms with Gasteiger partial charge in [-0.3, -0.25) is 4.79 Å². The van der Waals surface area contributed by atoms with Crippen LogP contribution in [0.25, 0.3) is 0 Å². The number of carbonyl (C=O) groups excluding carboxylic acids is 1. The Hall–Kier alpha value is -3.85. The second-order valence-electron chi connectivity index (χ2n) is 7.04. The van der Waals surface area contributed by atoms with E-state index in [4.69, 9.17) is 14.7 Å². The Morgan fingerprint density at radius 1 is 1.00 bits per heavy atom. The summed E-state index contributed by atoms with van der Waals surface area (Å²) in [7, 11) is -2.65. The summed E-state index contributed by atoms with van der Waals surface area (Å²) >= 11 is 0. The van der Waals surface area contributed by atoms with Crippen LogP contribution >= 0.6 is 0 Å². The van der Waals surface area contributed by atoms with Gasteiger partial charge in [0.2, 0.25) is 0 Å². The largest absolute Gasteiger partial charge is 0.493 e. The van der Waals surface area contributed by atoms with Crippen molar-refractivity contribution in [2.75, 3.05) is 12.8 Å². The maximum Gasteiger partial charge on any atom is 0.339 e. The lowest BCUT2D eigenvalue weighted by atomic mass is 10.2. The van der Waals surface area contributed by atoms with Crippen molar-refractivity contribution in [1.29, 1.82) is 0 Å². The highest BCUT2D eigenvalue weighted by Crippen LogP contribution is 2.31. The van der Waals surface area contributed by atoms with Crippen LogP contribution in [0.4, 0.5) is 5.69 Å². The third kappa shape index (κ3) is 5.44. The van der Waals surface area contributed by atoms with E-state index in [2.05, 4.69) is 10.5 Å². The summed E-state index contributed by atoms with van der Waals surface area (Å²) in [6, 6.07) is 16.1. The molecule has 0 spiro atoms. The van der Waals surface area contributed by atoms with E-state index in [0.717, 1.165) is 5.56 Å². The van der Waals surface area contributed by atoms with E-state index >= 15 is 0 Å². The molecule has 3 rings (SSSR count). The fraction of sp³-hybridized carbons (Fsp3) is 0.130. The van der Waals surface area contributed by atoms with E-state index in [0.29, 0.717) is 22.4 Å². The van der Waals surface area contributed by atoms with Crippen molar-refractivity contribution in [3.8, 4) is 11.5 Å². The number of nitrogens with one attached hydrogen (secondary N) is 1. The number of amides is 1. The van der Waals surface area contributed by atoms with Crippen LogP contribution in [-0.2, 0) is 10.1 Å². The minimum atomic E-state index is -4.05. The predicted octanol–water partition coefficient (Wildman–Crippen LogP) is 3.43. The van der Waals surface area contributed by atoms with E-state index in [1.807, 2.05) is 6.07 Å². The van der Waals surface area contributed by atoms with E-state index in [-0.39, 0.29) is 16.4 Å². The molecule has 1 amide bonds. The molecule has 0 aliphatic rings. The molecule has 0 saturated heterocycles. The molecule has 166 valence electrons. The first kappa shape index (κ1) is 22.8. The van der Waals surface area contributed by atoms with Crippen LogP contribution < -0.4 is 20.1 Å². The summed E-state index contributed by atoms with van der Waals surface area (Å²) < 4.78 is 36.2. The fourth-order valence-corrected chi connectivity index (χ4v) is 4.09. The Labute approximate surface area is 186 Å². The van der Waals surface area contributed by atoms with Gasteiger partial charge in [0.15, 0.2) is 11.5 Å². The Bertz CT molecular complexity index is 1270. The minimum Gasteiger partial charge on any atom is -0.493 e. The van der Waals surface area contributed by atoms with Crippen molar-refractivity contribution in [1.82, 2.24) is 5.43 Å². The van der Waals surface area contributed by atoms with E-state index in [9.17, 15) is 13.2 Å². The van der Waals surface area contributed by atoms with Gasteiger partial charge in [-0.2, -0.15) is 13.5 Å². The monoisotopic (exact) mass is 453 g/mol. The van der Waals surface area contributed by atoms with Crippen molar-refractivity contribution < 1.29 is 22.1 Å². The highest BCUT2D eigenvalue weighted by atomic mass is 32.2. The van der Waals surface area contributed by atoms with Gasteiger partial charge >= 0.3 is 10.1 Å². The topological polar surface area (TPSA) is 120 Å². The van der Waals surface area contributed by atoms with Gasteiger partial charge in [-0.15, -0.1) is 0 Å². The molecule has 0 aliphatic heterocycles. The maximum absolute atomic E-state index is 12.8. The van der Waals surface area contributed by atoms with Crippen molar-refractivity contribution in [3.05, 3.63) is 82.9 Å². The SMILES string of the molecule is COc1cc(/C=N\NC(=O)c2ccc(N)cc2)ccc1OS(=O)(=O)c1cc(C)ccc1C. The lowest BCUT2D eigenvalue weighted by molar-refractivity contribution is 0.0955. The number of hydrogen-bond donors (Lipinski definition) is 2. The molecule has 32 heavy (non-hydrogen) atoms. The molecule has 8 nitrogen and oxygen atoms in total. The van der Waals surface area contributed by atoms with Crippen LogP contribution in [0.2, 0.25) is 0 Å². The summed E-state index contributed by atoms with van der Waals surface area (Å²) in [4.78, 5) is 12.2. The van der Waals surface area contributed by atoms with Crippen molar-refractivity contribution in [3.63, 3.8) is 0 Å². The lowest BCUT2D eigenvalue weighted by Crippen LogP contribution is -2.17. The number of hydrazone groups is 1.